The number of primary amides is 1. The molecule has 0 atom stereocenters. The van der Waals surface area contributed by atoms with E-state index >= 15 is 0 Å². The Morgan fingerprint density at radius 3 is 2.36 bits per heavy atom. The number of hydrogen-bond acceptors (Lipinski definition) is 3. The maximum atomic E-state index is 11.3. The van der Waals surface area contributed by atoms with Crippen molar-refractivity contribution in [3.63, 3.8) is 0 Å². The second kappa shape index (κ2) is 4.13. The Morgan fingerprint density at radius 1 is 1.14 bits per heavy atom. The standard InChI is InChI=1S/C8H10N4O2/c9-6-4-2-1-3-5(6)7(13)11-12-8(10)14/h1-4H,9H2,(H,11,13)(H3,10,12,14). The van der Waals surface area contributed by atoms with Crippen LogP contribution in [0.25, 0.3) is 0 Å². The molecule has 0 heterocycles. The fourth-order valence-corrected chi connectivity index (χ4v) is 0.889. The van der Waals surface area contributed by atoms with Crippen molar-refractivity contribution in [3.05, 3.63) is 29.8 Å². The minimum atomic E-state index is -0.840. The molecule has 0 fully saturated rings. The molecule has 0 aliphatic heterocycles. The molecule has 14 heavy (non-hydrogen) atoms. The van der Waals surface area contributed by atoms with E-state index in [1.54, 1.807) is 18.2 Å². The summed E-state index contributed by atoms with van der Waals surface area (Å²) in [4.78, 5) is 21.6. The monoisotopic (exact) mass is 194 g/mol. The summed E-state index contributed by atoms with van der Waals surface area (Å²) in [5.74, 6) is -0.512. The molecule has 0 saturated heterocycles. The van der Waals surface area contributed by atoms with Crippen LogP contribution >= 0.6 is 0 Å². The van der Waals surface area contributed by atoms with Gasteiger partial charge in [0, 0.05) is 5.69 Å². The first-order valence-corrected chi connectivity index (χ1v) is 3.81. The number of anilines is 1. The van der Waals surface area contributed by atoms with E-state index in [-0.39, 0.29) is 5.56 Å². The van der Waals surface area contributed by atoms with E-state index in [1.165, 1.54) is 6.07 Å². The second-order valence-corrected chi connectivity index (χ2v) is 2.53. The Bertz CT molecular complexity index is 364. The zero-order valence-corrected chi connectivity index (χ0v) is 7.28. The molecule has 0 unspecified atom stereocenters. The fraction of sp³-hybridized carbons (Fsp3) is 0. The number of nitrogens with two attached hydrogens (primary N) is 2. The molecule has 0 aromatic heterocycles. The lowest BCUT2D eigenvalue weighted by Crippen LogP contribution is -2.44. The predicted octanol–water partition coefficient (Wildman–Crippen LogP) is -0.418. The van der Waals surface area contributed by atoms with E-state index in [0.717, 1.165) is 0 Å². The predicted molar refractivity (Wildman–Crippen MR) is 51.0 cm³/mol. The van der Waals surface area contributed by atoms with Crippen LogP contribution in [0.1, 0.15) is 10.4 Å². The van der Waals surface area contributed by atoms with Crippen LogP contribution in [0.5, 0.6) is 0 Å². The number of nitrogens with one attached hydrogen (secondary N) is 2. The molecule has 1 aromatic rings. The van der Waals surface area contributed by atoms with Gasteiger partial charge in [-0.05, 0) is 12.1 Å². The first-order chi connectivity index (χ1) is 6.61. The van der Waals surface area contributed by atoms with Crippen molar-refractivity contribution in [3.8, 4) is 0 Å². The number of hydrogen-bond donors (Lipinski definition) is 4. The fourth-order valence-electron chi connectivity index (χ4n) is 0.889. The van der Waals surface area contributed by atoms with Gasteiger partial charge < -0.3 is 11.5 Å². The number of urea groups is 1. The minimum absolute atomic E-state index is 0.279. The van der Waals surface area contributed by atoms with Crippen LogP contribution in [0.15, 0.2) is 24.3 Å². The van der Waals surface area contributed by atoms with Gasteiger partial charge in [0.1, 0.15) is 0 Å². The highest BCUT2D eigenvalue weighted by atomic mass is 16.2. The molecule has 0 radical (unpaired) electrons. The van der Waals surface area contributed by atoms with Gasteiger partial charge in [-0.3, -0.25) is 10.2 Å². The lowest BCUT2D eigenvalue weighted by molar-refractivity contribution is 0.0938. The van der Waals surface area contributed by atoms with Gasteiger partial charge in [0.2, 0.25) is 0 Å². The number of benzene rings is 1. The molecule has 1 rings (SSSR count). The van der Waals surface area contributed by atoms with Gasteiger partial charge in [-0.25, -0.2) is 10.2 Å². The van der Waals surface area contributed by atoms with Gasteiger partial charge in [-0.2, -0.15) is 0 Å². The van der Waals surface area contributed by atoms with Crippen molar-refractivity contribution in [1.29, 1.82) is 0 Å². The molecule has 0 aliphatic carbocycles. The highest BCUT2D eigenvalue weighted by Gasteiger charge is 2.07. The highest BCUT2D eigenvalue weighted by molar-refractivity contribution is 5.99. The normalized spacial score (nSPS) is 9.14. The third-order valence-electron chi connectivity index (χ3n) is 1.50. The highest BCUT2D eigenvalue weighted by Crippen LogP contribution is 2.09. The Morgan fingerprint density at radius 2 is 1.79 bits per heavy atom. The van der Waals surface area contributed by atoms with E-state index < -0.39 is 11.9 Å². The Hall–Kier alpha value is -2.24. The number of carbonyl (C=O) groups is 2. The van der Waals surface area contributed by atoms with Crippen molar-refractivity contribution in [1.82, 2.24) is 10.9 Å². The first kappa shape index (κ1) is 9.85. The smallest absolute Gasteiger partial charge is 0.330 e. The molecule has 0 spiro atoms. The van der Waals surface area contributed by atoms with Crippen molar-refractivity contribution < 1.29 is 9.59 Å². The summed E-state index contributed by atoms with van der Waals surface area (Å²) < 4.78 is 0. The number of carbonyl (C=O) groups excluding carboxylic acids is 2. The molecule has 6 heteroatoms. The SMILES string of the molecule is NC(=O)NNC(=O)c1ccccc1N. The summed E-state index contributed by atoms with van der Waals surface area (Å²) >= 11 is 0. The summed E-state index contributed by atoms with van der Waals surface area (Å²) in [6.07, 6.45) is 0. The van der Waals surface area contributed by atoms with E-state index in [0.29, 0.717) is 5.69 Å². The van der Waals surface area contributed by atoms with Gasteiger partial charge >= 0.3 is 6.03 Å². The molecule has 1 aromatic carbocycles. The third kappa shape index (κ3) is 2.37. The molecule has 6 nitrogen and oxygen atoms in total. The molecule has 0 aliphatic rings. The van der Waals surface area contributed by atoms with Gasteiger partial charge in [-0.15, -0.1) is 0 Å². The average Bonchev–Trinajstić information content (AvgIpc) is 2.15. The number of nitrogen functional groups attached to an aromatic ring is 1. The summed E-state index contributed by atoms with van der Waals surface area (Å²) in [6.45, 7) is 0. The molecular weight excluding hydrogens is 184 g/mol. The summed E-state index contributed by atoms with van der Waals surface area (Å²) in [7, 11) is 0. The summed E-state index contributed by atoms with van der Waals surface area (Å²) in [5.41, 5.74) is 14.9. The van der Waals surface area contributed by atoms with Crippen molar-refractivity contribution in [2.45, 2.75) is 0 Å². The average molecular weight is 194 g/mol. The van der Waals surface area contributed by atoms with Gasteiger partial charge in [0.15, 0.2) is 0 Å². The lowest BCUT2D eigenvalue weighted by atomic mass is 10.2. The quantitative estimate of drug-likeness (QED) is 0.360. The number of amides is 3. The molecule has 6 N–H and O–H groups in total. The van der Waals surface area contributed by atoms with Crippen LogP contribution < -0.4 is 22.3 Å². The third-order valence-corrected chi connectivity index (χ3v) is 1.50. The number of para-hydroxylation sites is 1. The van der Waals surface area contributed by atoms with Gasteiger partial charge in [0.25, 0.3) is 5.91 Å². The summed E-state index contributed by atoms with van der Waals surface area (Å²) in [5, 5.41) is 0. The molecule has 3 amide bonds. The zero-order valence-electron chi connectivity index (χ0n) is 7.28. The van der Waals surface area contributed by atoms with E-state index in [1.807, 2.05) is 5.43 Å². The van der Waals surface area contributed by atoms with Gasteiger partial charge in [0.05, 0.1) is 5.56 Å². The molecule has 0 saturated carbocycles. The van der Waals surface area contributed by atoms with Crippen LogP contribution in [0.4, 0.5) is 10.5 Å². The zero-order chi connectivity index (χ0) is 10.6. The molecule has 74 valence electrons. The Kier molecular flexibility index (Phi) is 2.90. The number of hydrazine groups is 1. The van der Waals surface area contributed by atoms with Crippen LogP contribution in [-0.4, -0.2) is 11.9 Å². The molecule has 0 bridgehead atoms. The largest absolute Gasteiger partial charge is 0.398 e. The summed E-state index contributed by atoms with van der Waals surface area (Å²) in [6, 6.07) is 5.64. The second-order valence-electron chi connectivity index (χ2n) is 2.53. The van der Waals surface area contributed by atoms with Crippen LogP contribution in [-0.2, 0) is 0 Å². The van der Waals surface area contributed by atoms with E-state index in [2.05, 4.69) is 5.43 Å². The van der Waals surface area contributed by atoms with Crippen LogP contribution in [0.2, 0.25) is 0 Å². The van der Waals surface area contributed by atoms with Crippen molar-refractivity contribution >= 4 is 17.6 Å². The lowest BCUT2D eigenvalue weighted by Gasteiger charge is -2.06. The van der Waals surface area contributed by atoms with Gasteiger partial charge in [-0.1, -0.05) is 12.1 Å². The number of rotatable bonds is 1. The van der Waals surface area contributed by atoms with Crippen LogP contribution in [0, 0.1) is 0 Å². The van der Waals surface area contributed by atoms with E-state index in [4.69, 9.17) is 11.5 Å². The maximum absolute atomic E-state index is 11.3. The van der Waals surface area contributed by atoms with Crippen molar-refractivity contribution in [2.75, 3.05) is 5.73 Å². The minimum Gasteiger partial charge on any atom is -0.398 e. The Balaban J connectivity index is 2.70. The first-order valence-electron chi connectivity index (χ1n) is 3.81. The van der Waals surface area contributed by atoms with E-state index in [9.17, 15) is 9.59 Å². The topological polar surface area (TPSA) is 110 Å². The van der Waals surface area contributed by atoms with Crippen LogP contribution in [0.3, 0.4) is 0 Å². The molecular formula is C8H10N4O2. The van der Waals surface area contributed by atoms with Crippen molar-refractivity contribution in [2.24, 2.45) is 5.73 Å². The maximum Gasteiger partial charge on any atom is 0.330 e. The Labute approximate surface area is 80.2 Å².